The first-order valence-electron chi connectivity index (χ1n) is 8.14. The Balaban J connectivity index is 1.79. The van der Waals surface area contributed by atoms with Crippen LogP contribution in [0.4, 0.5) is 19.1 Å². The molecule has 0 saturated carbocycles. The predicted octanol–water partition coefficient (Wildman–Crippen LogP) is 0.884. The van der Waals surface area contributed by atoms with Crippen molar-refractivity contribution in [3.05, 3.63) is 18.0 Å². The minimum atomic E-state index is -4.47. The van der Waals surface area contributed by atoms with Gasteiger partial charge in [0.15, 0.2) is 6.61 Å². The summed E-state index contributed by atoms with van der Waals surface area (Å²) < 4.78 is 37.6. The quantitative estimate of drug-likeness (QED) is 0.587. The number of aromatic nitrogens is 2. The first-order valence-corrected chi connectivity index (χ1v) is 8.14. The number of hydrogen-bond donors (Lipinski definition) is 1. The zero-order valence-corrected chi connectivity index (χ0v) is 14.3. The van der Waals surface area contributed by atoms with Gasteiger partial charge in [0.1, 0.15) is 0 Å². The van der Waals surface area contributed by atoms with E-state index >= 15 is 0 Å². The highest BCUT2D eigenvalue weighted by Gasteiger charge is 2.32. The number of amides is 1. The average Bonchev–Trinajstić information content (AvgIpc) is 2.64. The van der Waals surface area contributed by atoms with Gasteiger partial charge in [0, 0.05) is 44.6 Å². The van der Waals surface area contributed by atoms with E-state index in [9.17, 15) is 18.0 Å². The first kappa shape index (κ1) is 19.9. The summed E-state index contributed by atoms with van der Waals surface area (Å²) >= 11 is 0. The third kappa shape index (κ3) is 5.55. The Morgan fingerprint density at radius 2 is 1.96 bits per heavy atom. The van der Waals surface area contributed by atoms with Crippen LogP contribution < -0.4 is 10.6 Å². The molecule has 2 heterocycles. The molecule has 1 saturated heterocycles. The zero-order valence-electron chi connectivity index (χ0n) is 14.3. The van der Waals surface area contributed by atoms with Crippen LogP contribution in [0.5, 0.6) is 0 Å². The Hall–Kier alpha value is -2.43. The zero-order chi connectivity index (χ0) is 19.2. The number of nitrogens with zero attached hydrogens (tertiary/aromatic N) is 5. The molecule has 0 aliphatic carbocycles. The topological polar surface area (TPSA) is 96.9 Å². The molecule has 1 amide bonds. The fourth-order valence-corrected chi connectivity index (χ4v) is 2.20. The highest BCUT2D eigenvalue weighted by Crippen LogP contribution is 2.28. The van der Waals surface area contributed by atoms with Crippen molar-refractivity contribution in [3.63, 3.8) is 0 Å². The molecule has 0 spiro atoms. The second-order valence-corrected chi connectivity index (χ2v) is 5.74. The second kappa shape index (κ2) is 8.79. The molecule has 26 heavy (non-hydrogen) atoms. The van der Waals surface area contributed by atoms with E-state index in [1.54, 1.807) is 9.80 Å². The van der Waals surface area contributed by atoms with E-state index in [4.69, 9.17) is 10.6 Å². The van der Waals surface area contributed by atoms with Gasteiger partial charge in [-0.1, -0.05) is 12.1 Å². The Kier molecular flexibility index (Phi) is 6.72. The smallest absolute Gasteiger partial charge is 0.386 e. The lowest BCUT2D eigenvalue weighted by molar-refractivity contribution is -0.138. The van der Waals surface area contributed by atoms with Gasteiger partial charge in [-0.3, -0.25) is 4.79 Å². The fourth-order valence-electron chi connectivity index (χ4n) is 2.20. The average molecular weight is 374 g/mol. The number of rotatable bonds is 6. The van der Waals surface area contributed by atoms with Crippen molar-refractivity contribution in [1.82, 2.24) is 14.9 Å². The van der Waals surface area contributed by atoms with Gasteiger partial charge in [-0.25, -0.2) is 9.97 Å². The van der Waals surface area contributed by atoms with Gasteiger partial charge in [0.2, 0.25) is 5.95 Å². The van der Waals surface area contributed by atoms with E-state index in [1.165, 1.54) is 6.21 Å². The molecule has 1 aliphatic rings. The van der Waals surface area contributed by atoms with E-state index in [0.717, 1.165) is 18.8 Å². The fraction of sp³-hybridized carbons (Fsp3) is 0.600. The van der Waals surface area contributed by atoms with Gasteiger partial charge in [-0.2, -0.15) is 13.2 Å². The van der Waals surface area contributed by atoms with Gasteiger partial charge in [-0.15, -0.1) is 0 Å². The van der Waals surface area contributed by atoms with Gasteiger partial charge < -0.3 is 20.4 Å². The highest BCUT2D eigenvalue weighted by molar-refractivity contribution is 5.77. The number of carbonyl (C=O) groups excluding carboxylic acids is 1. The number of piperazine rings is 1. The number of anilines is 1. The number of hydrogen-bond acceptors (Lipinski definition) is 7. The minimum Gasteiger partial charge on any atom is -0.386 e. The second-order valence-electron chi connectivity index (χ2n) is 5.74. The summed E-state index contributed by atoms with van der Waals surface area (Å²) in [5.41, 5.74) is 4.74. The van der Waals surface area contributed by atoms with Crippen LogP contribution in [-0.4, -0.2) is 65.8 Å². The van der Waals surface area contributed by atoms with Crippen molar-refractivity contribution in [2.75, 3.05) is 37.7 Å². The highest BCUT2D eigenvalue weighted by atomic mass is 19.4. The van der Waals surface area contributed by atoms with E-state index in [0.29, 0.717) is 26.2 Å². The van der Waals surface area contributed by atoms with Crippen LogP contribution in [0.25, 0.3) is 0 Å². The Labute approximate surface area is 148 Å². The largest absolute Gasteiger partial charge is 0.419 e. The summed E-state index contributed by atoms with van der Waals surface area (Å²) in [6, 6.07) is -0.211. The maximum atomic E-state index is 12.5. The molecule has 1 aliphatic heterocycles. The summed E-state index contributed by atoms with van der Waals surface area (Å²) in [6.45, 7) is 3.34. The molecule has 0 bridgehead atoms. The van der Waals surface area contributed by atoms with Gasteiger partial charge >= 0.3 is 6.18 Å². The van der Waals surface area contributed by atoms with Gasteiger partial charge in [0.25, 0.3) is 5.91 Å². The summed E-state index contributed by atoms with van der Waals surface area (Å²) in [6.07, 6.45) is -0.797. The van der Waals surface area contributed by atoms with Crippen molar-refractivity contribution >= 4 is 18.1 Å². The first-order chi connectivity index (χ1) is 12.3. The normalized spacial score (nSPS) is 16.8. The summed E-state index contributed by atoms with van der Waals surface area (Å²) in [7, 11) is 0. The summed E-state index contributed by atoms with van der Waals surface area (Å²) in [4.78, 5) is 27.8. The van der Waals surface area contributed by atoms with Crippen LogP contribution in [0.3, 0.4) is 0 Å². The molecule has 0 aromatic carbocycles. The molecule has 8 nitrogen and oxygen atoms in total. The van der Waals surface area contributed by atoms with E-state index in [-0.39, 0.29) is 24.5 Å². The van der Waals surface area contributed by atoms with Crippen LogP contribution in [0.2, 0.25) is 0 Å². The molecular formula is C15H21F3N6O2. The molecular weight excluding hydrogens is 353 g/mol. The molecule has 1 fully saturated rings. The summed E-state index contributed by atoms with van der Waals surface area (Å²) in [5, 5.41) is 3.65. The third-order valence-corrected chi connectivity index (χ3v) is 3.87. The van der Waals surface area contributed by atoms with E-state index in [1.807, 2.05) is 6.92 Å². The van der Waals surface area contributed by atoms with Crippen LogP contribution in [0, 0.1) is 0 Å². The van der Waals surface area contributed by atoms with Crippen molar-refractivity contribution in [2.45, 2.75) is 25.6 Å². The lowest BCUT2D eigenvalue weighted by atomic mass is 10.3. The maximum absolute atomic E-state index is 12.5. The molecule has 2 N–H and O–H groups in total. The minimum absolute atomic E-state index is 0.191. The molecule has 2 rings (SSSR count). The number of oxime groups is 1. The van der Waals surface area contributed by atoms with Crippen LogP contribution >= 0.6 is 0 Å². The van der Waals surface area contributed by atoms with Crippen molar-refractivity contribution < 1.29 is 22.8 Å². The Morgan fingerprint density at radius 1 is 1.35 bits per heavy atom. The monoisotopic (exact) mass is 374 g/mol. The molecule has 1 aromatic rings. The maximum Gasteiger partial charge on any atom is 0.419 e. The molecule has 1 aromatic heterocycles. The molecule has 144 valence electrons. The van der Waals surface area contributed by atoms with Crippen LogP contribution in [-0.2, 0) is 15.8 Å². The van der Waals surface area contributed by atoms with Crippen LogP contribution in [0.1, 0.15) is 18.9 Å². The number of carbonyl (C=O) groups is 1. The number of nitrogens with two attached hydrogens (primary N) is 1. The molecule has 11 heteroatoms. The lowest BCUT2D eigenvalue weighted by Gasteiger charge is -2.34. The SMILES string of the molecule is CCC(N)C=NOCC(=O)N1CCN(c2ncc(C(F)(F)F)cn2)CC1. The van der Waals surface area contributed by atoms with E-state index < -0.39 is 11.7 Å². The van der Waals surface area contributed by atoms with E-state index in [2.05, 4.69) is 15.1 Å². The summed E-state index contributed by atoms with van der Waals surface area (Å²) in [5.74, 6) is -0.0142. The third-order valence-electron chi connectivity index (χ3n) is 3.87. The lowest BCUT2D eigenvalue weighted by Crippen LogP contribution is -2.50. The predicted molar refractivity (Wildman–Crippen MR) is 88.5 cm³/mol. The molecule has 0 radical (unpaired) electrons. The van der Waals surface area contributed by atoms with Crippen molar-refractivity contribution in [1.29, 1.82) is 0 Å². The molecule has 1 atom stereocenters. The van der Waals surface area contributed by atoms with Gasteiger partial charge in [0.05, 0.1) is 11.8 Å². The number of alkyl halides is 3. The Bertz CT molecular complexity index is 615. The van der Waals surface area contributed by atoms with Crippen LogP contribution in [0.15, 0.2) is 17.5 Å². The number of halogens is 3. The van der Waals surface area contributed by atoms with Crippen molar-refractivity contribution in [2.24, 2.45) is 10.9 Å². The van der Waals surface area contributed by atoms with Crippen molar-refractivity contribution in [3.8, 4) is 0 Å². The Morgan fingerprint density at radius 3 is 2.50 bits per heavy atom. The molecule has 1 unspecified atom stereocenters. The standard InChI is InChI=1S/C15H21F3N6O2/c1-2-12(19)9-22-26-10-13(25)23-3-5-24(6-4-23)14-20-7-11(8-21-14)15(16,17)18/h7-9,12H,2-6,10,19H2,1H3. The van der Waals surface area contributed by atoms with Gasteiger partial charge in [-0.05, 0) is 6.42 Å².